The molecule has 0 bridgehead atoms. The van der Waals surface area contributed by atoms with E-state index in [1.807, 2.05) is 62.4 Å². The van der Waals surface area contributed by atoms with Gasteiger partial charge in [0.1, 0.15) is 5.58 Å². The molecule has 0 saturated carbocycles. The summed E-state index contributed by atoms with van der Waals surface area (Å²) in [4.78, 5) is 12.2. The minimum absolute atomic E-state index is 0.0749. The molecule has 4 rings (SSSR count). The topological polar surface area (TPSA) is 81.2 Å². The van der Waals surface area contributed by atoms with Gasteiger partial charge in [-0.2, -0.15) is 0 Å². The Bertz CT molecular complexity index is 1100. The van der Waals surface area contributed by atoms with E-state index in [-0.39, 0.29) is 11.8 Å². The zero-order chi connectivity index (χ0) is 18.8. The summed E-state index contributed by atoms with van der Waals surface area (Å²) in [5.41, 5.74) is 3.95. The van der Waals surface area contributed by atoms with E-state index < -0.39 is 5.91 Å². The van der Waals surface area contributed by atoms with Crippen molar-refractivity contribution in [2.75, 3.05) is 6.54 Å². The summed E-state index contributed by atoms with van der Waals surface area (Å²) in [6.45, 7) is 4.45. The highest BCUT2D eigenvalue weighted by Gasteiger charge is 2.21. The number of carbonyl (C=O) groups is 1. The SMILES string of the molecule is Cc1ccc2oc(-c3nnc(C(=O)NCCc4ccccc4)o3)c(C)c2c1. The van der Waals surface area contributed by atoms with E-state index in [4.69, 9.17) is 8.83 Å². The van der Waals surface area contributed by atoms with Crippen LogP contribution in [0.2, 0.25) is 0 Å². The number of aromatic nitrogens is 2. The quantitative estimate of drug-likeness (QED) is 0.579. The fourth-order valence-electron chi connectivity index (χ4n) is 2.99. The monoisotopic (exact) mass is 361 g/mol. The summed E-state index contributed by atoms with van der Waals surface area (Å²) in [7, 11) is 0. The second kappa shape index (κ2) is 7.07. The zero-order valence-electron chi connectivity index (χ0n) is 15.2. The Labute approximate surface area is 156 Å². The van der Waals surface area contributed by atoms with Crippen LogP contribution in [0.3, 0.4) is 0 Å². The predicted octanol–water partition coefficient (Wildman–Crippen LogP) is 4.07. The predicted molar refractivity (Wildman–Crippen MR) is 101 cm³/mol. The van der Waals surface area contributed by atoms with Gasteiger partial charge in [0.15, 0.2) is 5.76 Å². The van der Waals surface area contributed by atoms with Gasteiger partial charge in [-0.25, -0.2) is 0 Å². The molecule has 2 aromatic carbocycles. The van der Waals surface area contributed by atoms with Crippen LogP contribution >= 0.6 is 0 Å². The Balaban J connectivity index is 1.48. The molecule has 27 heavy (non-hydrogen) atoms. The molecule has 0 radical (unpaired) electrons. The first-order valence-electron chi connectivity index (χ1n) is 8.77. The highest BCUT2D eigenvalue weighted by Crippen LogP contribution is 2.32. The average molecular weight is 361 g/mol. The molecule has 1 amide bonds. The first kappa shape index (κ1) is 17.0. The summed E-state index contributed by atoms with van der Waals surface area (Å²) in [6.07, 6.45) is 0.732. The molecule has 0 atom stereocenters. The zero-order valence-corrected chi connectivity index (χ0v) is 15.2. The largest absolute Gasteiger partial charge is 0.451 e. The number of furan rings is 1. The maximum absolute atomic E-state index is 12.2. The van der Waals surface area contributed by atoms with Crippen LogP contribution in [0.15, 0.2) is 57.4 Å². The smallest absolute Gasteiger partial charge is 0.308 e. The minimum atomic E-state index is -0.394. The molecule has 0 saturated heterocycles. The van der Waals surface area contributed by atoms with E-state index in [9.17, 15) is 4.79 Å². The fourth-order valence-corrected chi connectivity index (χ4v) is 2.99. The van der Waals surface area contributed by atoms with E-state index in [0.717, 1.165) is 34.1 Å². The highest BCUT2D eigenvalue weighted by atomic mass is 16.4. The van der Waals surface area contributed by atoms with Gasteiger partial charge >= 0.3 is 11.8 Å². The van der Waals surface area contributed by atoms with Gasteiger partial charge in [-0.05, 0) is 38.0 Å². The van der Waals surface area contributed by atoms with Gasteiger partial charge in [0, 0.05) is 17.5 Å². The third-order valence-corrected chi connectivity index (χ3v) is 4.45. The molecule has 0 unspecified atom stereocenters. The standard InChI is InChI=1S/C21H19N3O3/c1-13-8-9-17-16(12-13)14(2)18(26-17)20-23-24-21(27-20)19(25)22-11-10-15-6-4-3-5-7-15/h3-9,12H,10-11H2,1-2H3,(H,22,25). The summed E-state index contributed by atoms with van der Waals surface area (Å²) in [5.74, 6) is 0.226. The Morgan fingerprint density at radius 1 is 1.04 bits per heavy atom. The van der Waals surface area contributed by atoms with Gasteiger partial charge in [0.05, 0.1) is 0 Å². The molecule has 0 spiro atoms. The molecule has 0 aliphatic rings. The lowest BCUT2D eigenvalue weighted by Crippen LogP contribution is -2.26. The third kappa shape index (κ3) is 3.46. The number of nitrogens with one attached hydrogen (secondary N) is 1. The number of carbonyl (C=O) groups excluding carboxylic acids is 1. The number of nitrogens with zero attached hydrogens (tertiary/aromatic N) is 2. The van der Waals surface area contributed by atoms with Crippen LogP contribution in [0.4, 0.5) is 0 Å². The lowest BCUT2D eigenvalue weighted by atomic mass is 10.1. The van der Waals surface area contributed by atoms with Crippen molar-refractivity contribution in [1.82, 2.24) is 15.5 Å². The number of aryl methyl sites for hydroxylation is 2. The molecular formula is C21H19N3O3. The van der Waals surface area contributed by atoms with Gasteiger partial charge in [0.25, 0.3) is 5.89 Å². The molecule has 136 valence electrons. The first-order chi connectivity index (χ1) is 13.1. The summed E-state index contributed by atoms with van der Waals surface area (Å²) >= 11 is 0. The molecule has 2 heterocycles. The Kier molecular flexibility index (Phi) is 4.46. The molecular weight excluding hydrogens is 342 g/mol. The lowest BCUT2D eigenvalue weighted by Gasteiger charge is -2.02. The molecule has 6 heteroatoms. The molecule has 0 aliphatic carbocycles. The van der Waals surface area contributed by atoms with E-state index in [0.29, 0.717) is 12.3 Å². The number of hydrogen-bond acceptors (Lipinski definition) is 5. The maximum Gasteiger partial charge on any atom is 0.308 e. The molecule has 0 aliphatic heterocycles. The van der Waals surface area contributed by atoms with Gasteiger partial charge in [-0.15, -0.1) is 10.2 Å². The Morgan fingerprint density at radius 3 is 2.67 bits per heavy atom. The maximum atomic E-state index is 12.2. The Hall–Kier alpha value is -3.41. The van der Waals surface area contributed by atoms with Crippen molar-refractivity contribution in [3.8, 4) is 11.7 Å². The van der Waals surface area contributed by atoms with Crippen LogP contribution in [0.1, 0.15) is 27.4 Å². The van der Waals surface area contributed by atoms with Gasteiger partial charge < -0.3 is 14.2 Å². The number of fused-ring (bicyclic) bond motifs is 1. The minimum Gasteiger partial charge on any atom is -0.451 e. The van der Waals surface area contributed by atoms with Crippen molar-refractivity contribution < 1.29 is 13.6 Å². The van der Waals surface area contributed by atoms with E-state index in [1.54, 1.807) is 0 Å². The van der Waals surface area contributed by atoms with Crippen molar-refractivity contribution in [2.24, 2.45) is 0 Å². The van der Waals surface area contributed by atoms with Crippen LogP contribution in [-0.2, 0) is 6.42 Å². The normalized spacial score (nSPS) is 11.0. The second-order valence-electron chi connectivity index (χ2n) is 6.46. The van der Waals surface area contributed by atoms with E-state index in [2.05, 4.69) is 15.5 Å². The van der Waals surface area contributed by atoms with Crippen molar-refractivity contribution in [1.29, 1.82) is 0 Å². The highest BCUT2D eigenvalue weighted by molar-refractivity contribution is 5.90. The number of benzene rings is 2. The van der Waals surface area contributed by atoms with Gasteiger partial charge in [-0.3, -0.25) is 4.79 Å². The molecule has 6 nitrogen and oxygen atoms in total. The molecule has 2 aromatic heterocycles. The van der Waals surface area contributed by atoms with Crippen LogP contribution in [-0.4, -0.2) is 22.6 Å². The van der Waals surface area contributed by atoms with Crippen molar-refractivity contribution in [2.45, 2.75) is 20.3 Å². The number of rotatable bonds is 5. The number of amides is 1. The summed E-state index contributed by atoms with van der Waals surface area (Å²) < 4.78 is 11.4. The van der Waals surface area contributed by atoms with Crippen molar-refractivity contribution in [3.63, 3.8) is 0 Å². The van der Waals surface area contributed by atoms with Crippen molar-refractivity contribution >= 4 is 16.9 Å². The lowest BCUT2D eigenvalue weighted by molar-refractivity contribution is 0.0920. The number of hydrogen-bond donors (Lipinski definition) is 1. The van der Waals surface area contributed by atoms with Gasteiger partial charge in [0.2, 0.25) is 0 Å². The third-order valence-electron chi connectivity index (χ3n) is 4.45. The van der Waals surface area contributed by atoms with Crippen LogP contribution < -0.4 is 5.32 Å². The fraction of sp³-hybridized carbons (Fsp3) is 0.190. The summed E-state index contributed by atoms with van der Waals surface area (Å²) in [5, 5.41) is 11.6. The van der Waals surface area contributed by atoms with Gasteiger partial charge in [-0.1, -0.05) is 42.0 Å². The average Bonchev–Trinajstić information content (AvgIpc) is 3.28. The van der Waals surface area contributed by atoms with E-state index in [1.165, 1.54) is 0 Å². The molecule has 4 aromatic rings. The van der Waals surface area contributed by atoms with Crippen LogP contribution in [0, 0.1) is 13.8 Å². The van der Waals surface area contributed by atoms with Crippen LogP contribution in [0.5, 0.6) is 0 Å². The summed E-state index contributed by atoms with van der Waals surface area (Å²) in [6, 6.07) is 15.9. The molecule has 0 fully saturated rings. The first-order valence-corrected chi connectivity index (χ1v) is 8.77. The van der Waals surface area contributed by atoms with Crippen molar-refractivity contribution in [3.05, 3.63) is 71.1 Å². The van der Waals surface area contributed by atoms with E-state index >= 15 is 0 Å². The van der Waals surface area contributed by atoms with Crippen LogP contribution in [0.25, 0.3) is 22.6 Å². The Morgan fingerprint density at radius 2 is 1.85 bits per heavy atom. The molecule has 1 N–H and O–H groups in total. The second-order valence-corrected chi connectivity index (χ2v) is 6.46.